The van der Waals surface area contributed by atoms with Crippen LogP contribution >= 0.6 is 0 Å². The van der Waals surface area contributed by atoms with E-state index in [1.54, 1.807) is 30.3 Å². The molecule has 0 saturated carbocycles. The highest BCUT2D eigenvalue weighted by atomic mass is 19.4. The van der Waals surface area contributed by atoms with Gasteiger partial charge in [-0.05, 0) is 49.5 Å². The summed E-state index contributed by atoms with van der Waals surface area (Å²) < 4.78 is 50.2. The van der Waals surface area contributed by atoms with Gasteiger partial charge >= 0.3 is 17.8 Å². The Balaban J connectivity index is 1.47. The van der Waals surface area contributed by atoms with E-state index in [4.69, 9.17) is 4.74 Å². The molecular formula is C24H18F3N3O5. The van der Waals surface area contributed by atoms with Crippen molar-refractivity contribution < 1.29 is 32.3 Å². The molecule has 3 aliphatic heterocycles. The number of phenols is 1. The maximum atomic E-state index is 13.2. The second-order valence-corrected chi connectivity index (χ2v) is 8.89. The third-order valence-electron chi connectivity index (χ3n) is 6.85. The van der Waals surface area contributed by atoms with E-state index in [-0.39, 0.29) is 17.3 Å². The number of benzene rings is 2. The lowest BCUT2D eigenvalue weighted by molar-refractivity contribution is -0.189. The number of para-hydroxylation sites is 1. The number of H-pyrrole nitrogens is 1. The lowest BCUT2D eigenvalue weighted by atomic mass is 9.83. The van der Waals surface area contributed by atoms with E-state index < -0.39 is 29.9 Å². The number of ether oxygens (including phenoxy) is 1. The van der Waals surface area contributed by atoms with Gasteiger partial charge in [0.1, 0.15) is 5.75 Å². The third-order valence-corrected chi connectivity index (χ3v) is 6.85. The van der Waals surface area contributed by atoms with Crippen LogP contribution in [0.3, 0.4) is 0 Å². The number of piperidine rings is 1. The van der Waals surface area contributed by atoms with E-state index in [9.17, 15) is 27.9 Å². The molecule has 2 N–H and O–H groups in total. The molecule has 1 aromatic heterocycles. The minimum absolute atomic E-state index is 0.0841. The molecule has 1 amide bonds. The zero-order valence-corrected chi connectivity index (χ0v) is 18.1. The van der Waals surface area contributed by atoms with Gasteiger partial charge in [-0.15, -0.1) is 0 Å². The molecular weight excluding hydrogens is 467 g/mol. The van der Waals surface area contributed by atoms with Gasteiger partial charge in [0.15, 0.2) is 17.3 Å². The molecule has 180 valence electrons. The van der Waals surface area contributed by atoms with Crippen LogP contribution in [-0.2, 0) is 4.79 Å². The lowest BCUT2D eigenvalue weighted by Crippen LogP contribution is -2.50. The number of amides is 1. The van der Waals surface area contributed by atoms with Crippen LogP contribution in [0.4, 0.5) is 13.2 Å². The Bertz CT molecular complexity index is 1440. The number of rotatable bonds is 1. The summed E-state index contributed by atoms with van der Waals surface area (Å²) in [6.45, 7) is 0. The second-order valence-electron chi connectivity index (χ2n) is 8.89. The molecule has 3 aliphatic rings. The molecule has 2 bridgehead atoms. The van der Waals surface area contributed by atoms with Crippen molar-refractivity contribution in [2.45, 2.75) is 43.9 Å². The van der Waals surface area contributed by atoms with E-state index in [0.717, 1.165) is 16.0 Å². The predicted molar refractivity (Wildman–Crippen MR) is 116 cm³/mol. The number of hydrogen-bond acceptors (Lipinski definition) is 6. The van der Waals surface area contributed by atoms with E-state index in [1.807, 2.05) is 0 Å². The van der Waals surface area contributed by atoms with Crippen LogP contribution in [0.2, 0.25) is 0 Å². The molecule has 2 atom stereocenters. The van der Waals surface area contributed by atoms with Crippen LogP contribution in [-0.4, -0.2) is 44.3 Å². The first-order chi connectivity index (χ1) is 16.7. The van der Waals surface area contributed by atoms with E-state index >= 15 is 0 Å². The lowest BCUT2D eigenvalue weighted by Gasteiger charge is -2.38. The highest BCUT2D eigenvalue weighted by molar-refractivity contribution is 5.92. The minimum Gasteiger partial charge on any atom is -0.504 e. The molecule has 11 heteroatoms. The van der Waals surface area contributed by atoms with Crippen molar-refractivity contribution in [1.29, 1.82) is 0 Å². The standard InChI is InChI=1S/C24H18F3N3O5/c25-24(26,27)22(32)30-13-5-6-14(30)9-12(8-13)19-15-7-4-11(21-28-23(33)35-29-21)10-18(15)34-20-16(19)2-1-3-17(20)31/h1-4,7,10,13-14,31H,5-6,8-9H2,(H,28,29,33). The monoisotopic (exact) mass is 485 g/mol. The maximum absolute atomic E-state index is 13.2. The van der Waals surface area contributed by atoms with E-state index in [1.165, 1.54) is 6.07 Å². The fraction of sp³-hybridized carbons (Fsp3) is 0.292. The fourth-order valence-electron chi connectivity index (χ4n) is 5.48. The third kappa shape index (κ3) is 3.41. The Morgan fingerprint density at radius 1 is 1.11 bits per heavy atom. The van der Waals surface area contributed by atoms with Crippen LogP contribution < -0.4 is 10.5 Å². The zero-order valence-electron chi connectivity index (χ0n) is 18.1. The molecule has 0 spiro atoms. The Morgan fingerprint density at radius 2 is 1.86 bits per heavy atom. The molecule has 2 saturated heterocycles. The summed E-state index contributed by atoms with van der Waals surface area (Å²) in [5.41, 5.74) is 3.52. The van der Waals surface area contributed by atoms with Crippen LogP contribution in [0.1, 0.15) is 36.8 Å². The number of aromatic amines is 1. The Labute approximate surface area is 195 Å². The van der Waals surface area contributed by atoms with Crippen molar-refractivity contribution in [3.63, 3.8) is 0 Å². The van der Waals surface area contributed by atoms with Crippen molar-refractivity contribution in [3.05, 3.63) is 63.6 Å². The molecule has 0 radical (unpaired) electrons. The number of nitrogens with zero attached hydrogens (tertiary/aromatic N) is 2. The summed E-state index contributed by atoms with van der Waals surface area (Å²) >= 11 is 0. The summed E-state index contributed by atoms with van der Waals surface area (Å²) in [6, 6.07) is 9.01. The predicted octanol–water partition coefficient (Wildman–Crippen LogP) is 4.36. The first kappa shape index (κ1) is 21.5. The first-order valence-corrected chi connectivity index (χ1v) is 11.0. The highest BCUT2D eigenvalue weighted by Gasteiger charge is 2.51. The van der Waals surface area contributed by atoms with Gasteiger partial charge in [0.25, 0.3) is 0 Å². The van der Waals surface area contributed by atoms with Gasteiger partial charge in [-0.3, -0.25) is 14.3 Å². The molecule has 6 rings (SSSR count). The number of fused-ring (bicyclic) bond motifs is 4. The molecule has 2 unspecified atom stereocenters. The Morgan fingerprint density at radius 3 is 2.51 bits per heavy atom. The number of aromatic hydroxyl groups is 1. The summed E-state index contributed by atoms with van der Waals surface area (Å²) in [6.07, 6.45) is -3.33. The smallest absolute Gasteiger partial charge is 0.471 e. The van der Waals surface area contributed by atoms with E-state index in [0.29, 0.717) is 48.1 Å². The number of phenolic OH excluding ortho intramolecular Hbond substituents is 1. The van der Waals surface area contributed by atoms with Gasteiger partial charge in [-0.25, -0.2) is 4.79 Å². The topological polar surface area (TPSA) is 109 Å². The molecule has 0 aliphatic carbocycles. The van der Waals surface area contributed by atoms with E-state index in [2.05, 4.69) is 14.7 Å². The first-order valence-electron chi connectivity index (χ1n) is 11.0. The van der Waals surface area contributed by atoms with Crippen LogP contribution in [0.25, 0.3) is 17.0 Å². The molecule has 4 heterocycles. The van der Waals surface area contributed by atoms with Gasteiger partial charge in [0, 0.05) is 28.8 Å². The number of alkyl halides is 3. The van der Waals surface area contributed by atoms with Gasteiger partial charge in [-0.1, -0.05) is 28.9 Å². The molecule has 2 fully saturated rings. The fourth-order valence-corrected chi connectivity index (χ4v) is 5.48. The number of carbonyl (C=O) groups excluding carboxylic acids is 1. The van der Waals surface area contributed by atoms with Gasteiger partial charge < -0.3 is 14.7 Å². The quantitative estimate of drug-likeness (QED) is 0.415. The zero-order chi connectivity index (χ0) is 24.5. The average molecular weight is 485 g/mol. The number of aromatic nitrogens is 2. The van der Waals surface area contributed by atoms with Gasteiger partial charge in [-0.2, -0.15) is 13.2 Å². The van der Waals surface area contributed by atoms with Crippen LogP contribution in [0, 0.1) is 0 Å². The number of hydrogen-bond donors (Lipinski definition) is 2. The van der Waals surface area contributed by atoms with Crippen molar-refractivity contribution >= 4 is 11.5 Å². The number of halogens is 3. The van der Waals surface area contributed by atoms with Crippen LogP contribution in [0.5, 0.6) is 17.2 Å². The minimum atomic E-state index is -4.91. The highest BCUT2D eigenvalue weighted by Crippen LogP contribution is 2.52. The van der Waals surface area contributed by atoms with Crippen molar-refractivity contribution in [1.82, 2.24) is 15.0 Å². The molecule has 3 aromatic rings. The van der Waals surface area contributed by atoms with Crippen LogP contribution in [0.15, 0.2) is 51.3 Å². The summed E-state index contributed by atoms with van der Waals surface area (Å²) in [5.74, 6) is -1.75. The van der Waals surface area contributed by atoms with Crippen molar-refractivity contribution in [3.8, 4) is 28.6 Å². The maximum Gasteiger partial charge on any atom is 0.471 e. The summed E-state index contributed by atoms with van der Waals surface area (Å²) in [7, 11) is 0. The second kappa shape index (κ2) is 7.49. The average Bonchev–Trinajstić information content (AvgIpc) is 3.36. The molecule has 2 aromatic carbocycles. The summed E-state index contributed by atoms with van der Waals surface area (Å²) in [5, 5.41) is 14.2. The summed E-state index contributed by atoms with van der Waals surface area (Å²) in [4.78, 5) is 26.9. The van der Waals surface area contributed by atoms with Crippen molar-refractivity contribution in [2.75, 3.05) is 0 Å². The van der Waals surface area contributed by atoms with Crippen molar-refractivity contribution in [2.24, 2.45) is 0 Å². The van der Waals surface area contributed by atoms with Gasteiger partial charge in [0.05, 0.1) is 0 Å². The normalized spacial score (nSPS) is 20.9. The SMILES string of the molecule is O=C(N1C2CCC1CC(=C1c3ccc(-c4noc(=O)[nH]4)cc3Oc3c(O)cccc31)C2)C(F)(F)F. The molecule has 8 nitrogen and oxygen atoms in total. The molecule has 35 heavy (non-hydrogen) atoms. The number of carbonyl (C=O) groups is 1. The largest absolute Gasteiger partial charge is 0.504 e. The Hall–Kier alpha value is -4.02. The van der Waals surface area contributed by atoms with Gasteiger partial charge in [0.2, 0.25) is 0 Å². The number of nitrogens with one attached hydrogen (secondary N) is 1. The Kier molecular flexibility index (Phi) is 4.60.